The molecule has 0 saturated carbocycles. The van der Waals surface area contributed by atoms with Crippen molar-refractivity contribution in [1.29, 1.82) is 0 Å². The van der Waals surface area contributed by atoms with Crippen LogP contribution in [0.15, 0.2) is 83.3 Å². The van der Waals surface area contributed by atoms with Crippen LogP contribution in [-0.2, 0) is 22.6 Å². The molecule has 6 heteroatoms. The SMILES string of the molecule is CC[C@H](C)NC(=O)[C@H](Cc1ccccc1)N(Cc1ccc(C)cc1)C(=O)COc1ccc(Br)cc1. The van der Waals surface area contributed by atoms with Crippen LogP contribution >= 0.6 is 15.9 Å². The van der Waals surface area contributed by atoms with Crippen LogP contribution in [0.3, 0.4) is 0 Å². The van der Waals surface area contributed by atoms with Crippen molar-refractivity contribution in [3.63, 3.8) is 0 Å². The second kappa shape index (κ2) is 13.1. The van der Waals surface area contributed by atoms with Crippen LogP contribution in [0.1, 0.15) is 37.0 Å². The maximum Gasteiger partial charge on any atom is 0.261 e. The van der Waals surface area contributed by atoms with Crippen molar-refractivity contribution in [2.24, 2.45) is 0 Å². The first-order valence-electron chi connectivity index (χ1n) is 11.9. The summed E-state index contributed by atoms with van der Waals surface area (Å²) < 4.78 is 6.73. The first-order valence-corrected chi connectivity index (χ1v) is 12.7. The lowest BCUT2D eigenvalue weighted by Gasteiger charge is -2.32. The van der Waals surface area contributed by atoms with E-state index in [1.807, 2.05) is 87.5 Å². The van der Waals surface area contributed by atoms with Crippen LogP contribution in [0.2, 0.25) is 0 Å². The molecule has 0 saturated heterocycles. The van der Waals surface area contributed by atoms with Gasteiger partial charge in [-0.1, -0.05) is 83.0 Å². The summed E-state index contributed by atoms with van der Waals surface area (Å²) in [6.07, 6.45) is 1.22. The highest BCUT2D eigenvalue weighted by atomic mass is 79.9. The molecule has 184 valence electrons. The van der Waals surface area contributed by atoms with Crippen LogP contribution < -0.4 is 10.1 Å². The van der Waals surface area contributed by atoms with Crippen molar-refractivity contribution in [2.75, 3.05) is 6.61 Å². The summed E-state index contributed by atoms with van der Waals surface area (Å²) in [7, 11) is 0. The van der Waals surface area contributed by atoms with Crippen LogP contribution in [0.5, 0.6) is 5.75 Å². The van der Waals surface area contributed by atoms with Crippen molar-refractivity contribution >= 4 is 27.7 Å². The largest absolute Gasteiger partial charge is 0.484 e. The number of hydrogen-bond acceptors (Lipinski definition) is 3. The minimum Gasteiger partial charge on any atom is -0.484 e. The van der Waals surface area contributed by atoms with Crippen molar-refractivity contribution < 1.29 is 14.3 Å². The Labute approximate surface area is 216 Å². The molecule has 0 aromatic heterocycles. The molecule has 0 spiro atoms. The van der Waals surface area contributed by atoms with Gasteiger partial charge in [0.1, 0.15) is 11.8 Å². The molecule has 3 aromatic carbocycles. The molecule has 0 heterocycles. The van der Waals surface area contributed by atoms with Gasteiger partial charge in [-0.25, -0.2) is 0 Å². The zero-order chi connectivity index (χ0) is 25.2. The quantitative estimate of drug-likeness (QED) is 0.342. The zero-order valence-electron chi connectivity index (χ0n) is 20.5. The predicted octanol–water partition coefficient (Wildman–Crippen LogP) is 5.69. The number of carbonyl (C=O) groups is 2. The number of benzene rings is 3. The third kappa shape index (κ3) is 8.25. The lowest BCUT2D eigenvalue weighted by Crippen LogP contribution is -2.53. The van der Waals surface area contributed by atoms with E-state index in [0.717, 1.165) is 27.6 Å². The molecule has 3 rings (SSSR count). The Hall–Kier alpha value is -3.12. The van der Waals surface area contributed by atoms with E-state index in [-0.39, 0.29) is 24.5 Å². The number of nitrogens with one attached hydrogen (secondary N) is 1. The van der Waals surface area contributed by atoms with Crippen LogP contribution in [-0.4, -0.2) is 35.4 Å². The Kier molecular flexibility index (Phi) is 9.91. The second-order valence-electron chi connectivity index (χ2n) is 8.77. The molecule has 2 atom stereocenters. The highest BCUT2D eigenvalue weighted by Crippen LogP contribution is 2.19. The molecule has 3 aromatic rings. The fourth-order valence-corrected chi connectivity index (χ4v) is 3.91. The molecule has 5 nitrogen and oxygen atoms in total. The van der Waals surface area contributed by atoms with E-state index < -0.39 is 6.04 Å². The lowest BCUT2D eigenvalue weighted by atomic mass is 10.0. The van der Waals surface area contributed by atoms with Gasteiger partial charge < -0.3 is 15.0 Å². The average molecular weight is 537 g/mol. The fourth-order valence-electron chi connectivity index (χ4n) is 3.64. The molecular formula is C29H33BrN2O3. The minimum atomic E-state index is -0.672. The summed E-state index contributed by atoms with van der Waals surface area (Å²) in [6, 6.07) is 24.5. The van der Waals surface area contributed by atoms with Crippen LogP contribution in [0.4, 0.5) is 0 Å². The van der Waals surface area contributed by atoms with Crippen molar-refractivity contribution in [3.05, 3.63) is 100 Å². The summed E-state index contributed by atoms with van der Waals surface area (Å²) in [5.41, 5.74) is 3.09. The van der Waals surface area contributed by atoms with Gasteiger partial charge in [0.25, 0.3) is 5.91 Å². The molecule has 35 heavy (non-hydrogen) atoms. The molecule has 0 unspecified atom stereocenters. The zero-order valence-corrected chi connectivity index (χ0v) is 22.1. The summed E-state index contributed by atoms with van der Waals surface area (Å²) in [4.78, 5) is 28.7. The first kappa shape index (κ1) is 26.5. The van der Waals surface area contributed by atoms with Crippen LogP contribution in [0.25, 0.3) is 0 Å². The molecule has 1 N–H and O–H groups in total. The number of halogens is 1. The Morgan fingerprint density at radius 2 is 1.60 bits per heavy atom. The second-order valence-corrected chi connectivity index (χ2v) is 9.69. The number of amides is 2. The minimum absolute atomic E-state index is 0.0103. The van der Waals surface area contributed by atoms with Crippen molar-refractivity contribution in [2.45, 2.75) is 52.2 Å². The standard InChI is InChI=1S/C29H33BrN2O3/c1-4-22(3)31-29(34)27(18-23-8-6-5-7-9-23)32(19-24-12-10-21(2)11-13-24)28(33)20-35-26-16-14-25(30)15-17-26/h5-17,22,27H,4,18-20H2,1-3H3,(H,31,34)/t22-,27-/m0/s1. The van der Waals surface area contributed by atoms with Gasteiger partial charge >= 0.3 is 0 Å². The molecule has 0 aliphatic rings. The number of aryl methyl sites for hydroxylation is 1. The summed E-state index contributed by atoms with van der Waals surface area (Å²) in [5.74, 6) is 0.196. The predicted molar refractivity (Wildman–Crippen MR) is 143 cm³/mol. The van der Waals surface area contributed by atoms with Gasteiger partial charge in [0.2, 0.25) is 5.91 Å². The topological polar surface area (TPSA) is 58.6 Å². The molecule has 0 fully saturated rings. The Balaban J connectivity index is 1.89. The Morgan fingerprint density at radius 3 is 2.23 bits per heavy atom. The van der Waals surface area contributed by atoms with Gasteiger partial charge in [-0.15, -0.1) is 0 Å². The molecular weight excluding hydrogens is 504 g/mol. The lowest BCUT2D eigenvalue weighted by molar-refractivity contribution is -0.143. The molecule has 0 aliphatic heterocycles. The van der Waals surface area contributed by atoms with Gasteiger partial charge in [0.05, 0.1) is 0 Å². The third-order valence-corrected chi connectivity index (χ3v) is 6.45. The summed E-state index contributed by atoms with van der Waals surface area (Å²) in [5, 5.41) is 3.08. The van der Waals surface area contributed by atoms with Gasteiger partial charge in [-0.3, -0.25) is 9.59 Å². The van der Waals surface area contributed by atoms with Gasteiger partial charge in [0.15, 0.2) is 6.61 Å². The van der Waals surface area contributed by atoms with Gasteiger partial charge in [-0.05, 0) is 55.7 Å². The maximum absolute atomic E-state index is 13.6. The smallest absolute Gasteiger partial charge is 0.261 e. The number of rotatable bonds is 11. The number of nitrogens with zero attached hydrogens (tertiary/aromatic N) is 1. The molecule has 0 bridgehead atoms. The van der Waals surface area contributed by atoms with Gasteiger partial charge in [0, 0.05) is 23.5 Å². The fraction of sp³-hybridized carbons (Fsp3) is 0.310. The van der Waals surface area contributed by atoms with Gasteiger partial charge in [-0.2, -0.15) is 0 Å². The Morgan fingerprint density at radius 1 is 0.943 bits per heavy atom. The van der Waals surface area contributed by atoms with Crippen molar-refractivity contribution in [1.82, 2.24) is 10.2 Å². The number of hydrogen-bond donors (Lipinski definition) is 1. The highest BCUT2D eigenvalue weighted by molar-refractivity contribution is 9.10. The van der Waals surface area contributed by atoms with E-state index in [2.05, 4.69) is 21.2 Å². The third-order valence-electron chi connectivity index (χ3n) is 5.92. The van der Waals surface area contributed by atoms with E-state index in [1.54, 1.807) is 17.0 Å². The molecule has 0 aliphatic carbocycles. The first-order chi connectivity index (χ1) is 16.9. The van der Waals surface area contributed by atoms with Crippen LogP contribution in [0, 0.1) is 6.92 Å². The van der Waals surface area contributed by atoms with E-state index in [9.17, 15) is 9.59 Å². The monoisotopic (exact) mass is 536 g/mol. The van der Waals surface area contributed by atoms with Crippen molar-refractivity contribution in [3.8, 4) is 5.75 Å². The number of ether oxygens (including phenoxy) is 1. The molecule has 0 radical (unpaired) electrons. The number of carbonyl (C=O) groups excluding carboxylic acids is 2. The average Bonchev–Trinajstić information content (AvgIpc) is 2.87. The van der Waals surface area contributed by atoms with E-state index in [1.165, 1.54) is 0 Å². The maximum atomic E-state index is 13.6. The molecule has 2 amide bonds. The van der Waals surface area contributed by atoms with E-state index >= 15 is 0 Å². The normalized spacial score (nSPS) is 12.5. The van der Waals surface area contributed by atoms with E-state index in [0.29, 0.717) is 18.7 Å². The summed E-state index contributed by atoms with van der Waals surface area (Å²) in [6.45, 7) is 6.18. The highest BCUT2D eigenvalue weighted by Gasteiger charge is 2.31. The Bertz CT molecular complexity index is 1090. The van der Waals surface area contributed by atoms with E-state index in [4.69, 9.17) is 4.74 Å². The summed E-state index contributed by atoms with van der Waals surface area (Å²) >= 11 is 3.41.